The Kier molecular flexibility index (Phi) is 4.06. The Bertz CT molecular complexity index is 540. The van der Waals surface area contributed by atoms with E-state index in [1.165, 1.54) is 12.0 Å². The largest absolute Gasteiger partial charge is 0.339 e. The summed E-state index contributed by atoms with van der Waals surface area (Å²) in [5, 5.41) is 4.14. The van der Waals surface area contributed by atoms with E-state index in [9.17, 15) is 0 Å². The summed E-state index contributed by atoms with van der Waals surface area (Å²) in [5.41, 5.74) is 1.33. The summed E-state index contributed by atoms with van der Waals surface area (Å²) in [4.78, 5) is 11.0. The van der Waals surface area contributed by atoms with E-state index in [1.54, 1.807) is 0 Å². The van der Waals surface area contributed by atoms with Crippen LogP contribution in [0.5, 0.6) is 0 Å². The molecule has 0 aliphatic carbocycles. The van der Waals surface area contributed by atoms with Crippen molar-refractivity contribution in [3.05, 3.63) is 41.8 Å². The minimum Gasteiger partial charge on any atom is -0.339 e. The molecule has 0 aromatic carbocycles. The van der Waals surface area contributed by atoms with Crippen molar-refractivity contribution in [2.75, 3.05) is 13.1 Å². The number of hydrogen-bond donors (Lipinski definition) is 0. The zero-order valence-corrected chi connectivity index (χ0v) is 11.8. The molecule has 0 spiro atoms. The molecule has 106 valence electrons. The molecule has 0 unspecified atom stereocenters. The third kappa shape index (κ3) is 2.88. The Labute approximate surface area is 119 Å². The lowest BCUT2D eigenvalue weighted by atomic mass is 10.1. The average Bonchev–Trinajstić information content (AvgIpc) is 3.14. The van der Waals surface area contributed by atoms with Crippen LogP contribution in [0.4, 0.5) is 0 Å². The third-order valence-corrected chi connectivity index (χ3v) is 3.89. The van der Waals surface area contributed by atoms with Gasteiger partial charge in [0.05, 0.1) is 6.04 Å². The molecule has 20 heavy (non-hydrogen) atoms. The quantitative estimate of drug-likeness (QED) is 0.836. The molecular formula is C15H20N4O. The molecule has 3 heterocycles. The smallest absolute Gasteiger partial charge is 0.226 e. The van der Waals surface area contributed by atoms with Gasteiger partial charge in [0, 0.05) is 25.4 Å². The van der Waals surface area contributed by atoms with E-state index < -0.39 is 0 Å². The maximum atomic E-state index is 5.24. The van der Waals surface area contributed by atoms with Crippen molar-refractivity contribution in [1.29, 1.82) is 0 Å². The lowest BCUT2D eigenvalue weighted by Crippen LogP contribution is -2.26. The summed E-state index contributed by atoms with van der Waals surface area (Å²) >= 11 is 0. The Morgan fingerprint density at radius 2 is 2.20 bits per heavy atom. The van der Waals surface area contributed by atoms with Gasteiger partial charge in [-0.25, -0.2) is 0 Å². The summed E-state index contributed by atoms with van der Waals surface area (Å²) in [5.74, 6) is 1.59. The SMILES string of the molecule is CCc1nc([C@@H]2CCCN2CCc2ccncc2)no1. The standard InChI is InChI=1S/C15H20N4O/c1-2-14-17-15(18-20-14)13-4-3-10-19(13)11-7-12-5-8-16-9-6-12/h5-6,8-9,13H,2-4,7,10-11H2,1H3/t13-/m0/s1. The first-order valence-corrected chi connectivity index (χ1v) is 7.32. The molecule has 1 aliphatic rings. The van der Waals surface area contributed by atoms with Crippen molar-refractivity contribution in [3.63, 3.8) is 0 Å². The van der Waals surface area contributed by atoms with Crippen molar-refractivity contribution < 1.29 is 4.52 Å². The van der Waals surface area contributed by atoms with Crippen molar-refractivity contribution in [3.8, 4) is 0 Å². The number of aromatic nitrogens is 3. The number of nitrogens with zero attached hydrogens (tertiary/aromatic N) is 4. The fourth-order valence-corrected chi connectivity index (χ4v) is 2.76. The van der Waals surface area contributed by atoms with Crippen molar-refractivity contribution in [2.24, 2.45) is 0 Å². The van der Waals surface area contributed by atoms with Crippen molar-refractivity contribution >= 4 is 0 Å². The molecule has 1 saturated heterocycles. The fraction of sp³-hybridized carbons (Fsp3) is 0.533. The van der Waals surface area contributed by atoms with Crippen LogP contribution in [0.3, 0.4) is 0 Å². The summed E-state index contributed by atoms with van der Waals surface area (Å²) in [6, 6.07) is 4.48. The van der Waals surface area contributed by atoms with Crippen LogP contribution in [-0.2, 0) is 12.8 Å². The van der Waals surface area contributed by atoms with Crippen LogP contribution in [0, 0.1) is 0 Å². The molecule has 0 bridgehead atoms. The fourth-order valence-electron chi connectivity index (χ4n) is 2.76. The number of hydrogen-bond acceptors (Lipinski definition) is 5. The minimum absolute atomic E-state index is 0.320. The van der Waals surface area contributed by atoms with Crippen molar-refractivity contribution in [2.45, 2.75) is 38.6 Å². The number of rotatable bonds is 5. The summed E-state index contributed by atoms with van der Waals surface area (Å²) in [7, 11) is 0. The molecule has 0 radical (unpaired) electrons. The highest BCUT2D eigenvalue weighted by molar-refractivity contribution is 5.10. The molecule has 5 nitrogen and oxygen atoms in total. The van der Waals surface area contributed by atoms with E-state index in [0.29, 0.717) is 6.04 Å². The summed E-state index contributed by atoms with van der Waals surface area (Å²) < 4.78 is 5.24. The highest BCUT2D eigenvalue weighted by Crippen LogP contribution is 2.30. The second-order valence-corrected chi connectivity index (χ2v) is 5.20. The van der Waals surface area contributed by atoms with Crippen LogP contribution in [0.1, 0.15) is 43.1 Å². The van der Waals surface area contributed by atoms with E-state index in [0.717, 1.165) is 44.1 Å². The molecule has 0 saturated carbocycles. The van der Waals surface area contributed by atoms with Crippen LogP contribution in [0.15, 0.2) is 29.0 Å². The zero-order valence-electron chi connectivity index (χ0n) is 11.8. The highest BCUT2D eigenvalue weighted by Gasteiger charge is 2.29. The average molecular weight is 272 g/mol. The van der Waals surface area contributed by atoms with Crippen LogP contribution in [0.25, 0.3) is 0 Å². The van der Waals surface area contributed by atoms with Gasteiger partial charge in [0.1, 0.15) is 0 Å². The van der Waals surface area contributed by atoms with Crippen LogP contribution < -0.4 is 0 Å². The second-order valence-electron chi connectivity index (χ2n) is 5.20. The molecular weight excluding hydrogens is 252 g/mol. The molecule has 0 N–H and O–H groups in total. The van der Waals surface area contributed by atoms with Gasteiger partial charge in [-0.3, -0.25) is 9.88 Å². The van der Waals surface area contributed by atoms with Crippen LogP contribution in [-0.4, -0.2) is 33.1 Å². The topological polar surface area (TPSA) is 55.1 Å². The van der Waals surface area contributed by atoms with Crippen LogP contribution >= 0.6 is 0 Å². The Balaban J connectivity index is 1.63. The first kappa shape index (κ1) is 13.2. The van der Waals surface area contributed by atoms with Gasteiger partial charge in [0.15, 0.2) is 5.82 Å². The van der Waals surface area contributed by atoms with Gasteiger partial charge in [-0.15, -0.1) is 0 Å². The first-order valence-electron chi connectivity index (χ1n) is 7.32. The molecule has 3 rings (SSSR count). The number of likely N-dealkylation sites (tertiary alicyclic amines) is 1. The molecule has 0 amide bonds. The maximum absolute atomic E-state index is 5.24. The number of aryl methyl sites for hydroxylation is 1. The van der Waals surface area contributed by atoms with E-state index in [2.05, 4.69) is 32.2 Å². The molecule has 1 fully saturated rings. The van der Waals surface area contributed by atoms with E-state index in [1.807, 2.05) is 19.3 Å². The predicted molar refractivity (Wildman–Crippen MR) is 75.2 cm³/mol. The zero-order chi connectivity index (χ0) is 13.8. The lowest BCUT2D eigenvalue weighted by molar-refractivity contribution is 0.245. The second kappa shape index (κ2) is 6.13. The van der Waals surface area contributed by atoms with Crippen LogP contribution in [0.2, 0.25) is 0 Å². The Hall–Kier alpha value is -1.75. The minimum atomic E-state index is 0.320. The van der Waals surface area contributed by atoms with Gasteiger partial charge in [-0.05, 0) is 43.5 Å². The van der Waals surface area contributed by atoms with E-state index >= 15 is 0 Å². The maximum Gasteiger partial charge on any atom is 0.226 e. The molecule has 5 heteroatoms. The molecule has 1 aliphatic heterocycles. The van der Waals surface area contributed by atoms with Gasteiger partial charge >= 0.3 is 0 Å². The molecule has 1 atom stereocenters. The third-order valence-electron chi connectivity index (χ3n) is 3.89. The van der Waals surface area contributed by atoms with Gasteiger partial charge in [-0.2, -0.15) is 4.98 Å². The number of pyridine rings is 1. The molecule has 2 aromatic heterocycles. The Morgan fingerprint density at radius 3 is 2.95 bits per heavy atom. The lowest BCUT2D eigenvalue weighted by Gasteiger charge is -2.21. The normalized spacial score (nSPS) is 19.6. The van der Waals surface area contributed by atoms with E-state index in [-0.39, 0.29) is 0 Å². The summed E-state index contributed by atoms with van der Waals surface area (Å²) in [6.45, 7) is 4.18. The van der Waals surface area contributed by atoms with E-state index in [4.69, 9.17) is 4.52 Å². The summed E-state index contributed by atoms with van der Waals surface area (Å²) in [6.07, 6.45) is 7.87. The van der Waals surface area contributed by atoms with Gasteiger partial charge in [-0.1, -0.05) is 12.1 Å². The van der Waals surface area contributed by atoms with Gasteiger partial charge in [0.25, 0.3) is 0 Å². The predicted octanol–water partition coefficient (Wildman–Crippen LogP) is 2.41. The first-order chi connectivity index (χ1) is 9.86. The van der Waals surface area contributed by atoms with Gasteiger partial charge < -0.3 is 4.52 Å². The van der Waals surface area contributed by atoms with Gasteiger partial charge in [0.2, 0.25) is 5.89 Å². The Morgan fingerprint density at radius 1 is 1.35 bits per heavy atom. The molecule has 2 aromatic rings. The highest BCUT2D eigenvalue weighted by atomic mass is 16.5. The van der Waals surface area contributed by atoms with Crippen molar-refractivity contribution in [1.82, 2.24) is 20.0 Å². The monoisotopic (exact) mass is 272 g/mol.